The molecule has 6 nitrogen and oxygen atoms in total. The molecule has 248 valence electrons. The lowest BCUT2D eigenvalue weighted by Crippen LogP contribution is -2.51. The Balaban J connectivity index is 1.56. The molecule has 6 heteroatoms. The van der Waals surface area contributed by atoms with Gasteiger partial charge < -0.3 is 15.7 Å². The Labute approximate surface area is 271 Å². The molecule has 0 aliphatic heterocycles. The lowest BCUT2D eigenvalue weighted by Gasteiger charge is -2.35. The van der Waals surface area contributed by atoms with E-state index in [1.165, 1.54) is 11.1 Å². The molecule has 45 heavy (non-hydrogen) atoms. The summed E-state index contributed by atoms with van der Waals surface area (Å²) in [4.78, 5) is 41.8. The molecule has 7 unspecified atom stereocenters. The Morgan fingerprint density at radius 3 is 2.27 bits per heavy atom. The first-order valence-electron chi connectivity index (χ1n) is 17.2. The molecule has 1 aromatic carbocycles. The Hall–Kier alpha value is -2.73. The van der Waals surface area contributed by atoms with E-state index >= 15 is 0 Å². The van der Waals surface area contributed by atoms with E-state index in [0.717, 1.165) is 25.7 Å². The molecule has 2 fully saturated rings. The highest BCUT2D eigenvalue weighted by Crippen LogP contribution is 2.68. The van der Waals surface area contributed by atoms with Gasteiger partial charge in [0.15, 0.2) is 11.6 Å². The smallest absolute Gasteiger partial charge is 0.164 e. The van der Waals surface area contributed by atoms with E-state index in [1.807, 2.05) is 6.92 Å². The summed E-state index contributed by atoms with van der Waals surface area (Å²) in [6.45, 7) is 22.2. The van der Waals surface area contributed by atoms with Gasteiger partial charge in [0.05, 0.1) is 11.9 Å². The fourth-order valence-electron chi connectivity index (χ4n) is 8.67. The molecule has 3 aliphatic rings. The summed E-state index contributed by atoms with van der Waals surface area (Å²) in [6.07, 6.45) is 6.95. The molecule has 0 spiro atoms. The van der Waals surface area contributed by atoms with E-state index in [9.17, 15) is 19.5 Å². The van der Waals surface area contributed by atoms with E-state index in [2.05, 4.69) is 82.7 Å². The number of carbonyl (C=O) groups is 3. The van der Waals surface area contributed by atoms with Crippen molar-refractivity contribution in [1.29, 1.82) is 0 Å². The van der Waals surface area contributed by atoms with Crippen LogP contribution in [0, 0.1) is 40.9 Å². The van der Waals surface area contributed by atoms with Crippen LogP contribution in [0.4, 0.5) is 0 Å². The van der Waals surface area contributed by atoms with Gasteiger partial charge in [-0.15, -0.1) is 6.58 Å². The molecule has 0 saturated heterocycles. The van der Waals surface area contributed by atoms with Gasteiger partial charge in [-0.3, -0.25) is 14.4 Å². The van der Waals surface area contributed by atoms with Crippen LogP contribution in [0.25, 0.3) is 0 Å². The third kappa shape index (κ3) is 7.81. The maximum atomic E-state index is 14.6. The van der Waals surface area contributed by atoms with Crippen molar-refractivity contribution in [3.05, 3.63) is 60.4 Å². The van der Waals surface area contributed by atoms with Crippen LogP contribution in [-0.2, 0) is 27.2 Å². The van der Waals surface area contributed by atoms with Crippen molar-refractivity contribution < 1.29 is 19.5 Å². The van der Waals surface area contributed by atoms with Gasteiger partial charge in [0.1, 0.15) is 11.4 Å². The zero-order chi connectivity index (χ0) is 33.3. The van der Waals surface area contributed by atoms with Gasteiger partial charge in [0.2, 0.25) is 0 Å². The predicted octanol–water partition coefficient (Wildman–Crippen LogP) is 6.75. The van der Waals surface area contributed by atoms with E-state index in [4.69, 9.17) is 0 Å². The molecule has 0 radical (unpaired) electrons. The van der Waals surface area contributed by atoms with Gasteiger partial charge in [-0.05, 0) is 101 Å². The second-order valence-electron chi connectivity index (χ2n) is 16.1. The second-order valence-corrected chi connectivity index (χ2v) is 16.1. The zero-order valence-corrected chi connectivity index (χ0v) is 28.9. The number of Topliss-reactive ketones (excluding diaryl/α,β-unsaturated/α-hetero) is 3. The van der Waals surface area contributed by atoms with Gasteiger partial charge in [0.25, 0.3) is 0 Å². The van der Waals surface area contributed by atoms with E-state index in [-0.39, 0.29) is 64.8 Å². The predicted molar refractivity (Wildman–Crippen MR) is 181 cm³/mol. The van der Waals surface area contributed by atoms with Crippen molar-refractivity contribution in [2.24, 2.45) is 40.9 Å². The Morgan fingerprint density at radius 2 is 1.71 bits per heavy atom. The quantitative estimate of drug-likeness (QED) is 0.178. The Morgan fingerprint density at radius 1 is 1.09 bits per heavy atom. The van der Waals surface area contributed by atoms with Gasteiger partial charge in [-0.25, -0.2) is 0 Å². The molecule has 0 aromatic heterocycles. The average molecular weight is 619 g/mol. The lowest BCUT2D eigenvalue weighted by atomic mass is 9.71. The van der Waals surface area contributed by atoms with Gasteiger partial charge in [0, 0.05) is 36.1 Å². The molecule has 1 aromatic rings. The summed E-state index contributed by atoms with van der Waals surface area (Å²) >= 11 is 0. The summed E-state index contributed by atoms with van der Waals surface area (Å²) in [6, 6.07) is 8.04. The molecule has 7 atom stereocenters. The minimum atomic E-state index is -1.57. The summed E-state index contributed by atoms with van der Waals surface area (Å²) in [5.74, 6) is 0.429. The largest absolute Gasteiger partial charge is 0.382 e. The van der Waals surface area contributed by atoms with Crippen LogP contribution >= 0.6 is 0 Å². The number of hydrogen-bond donors (Lipinski definition) is 3. The van der Waals surface area contributed by atoms with Crippen molar-refractivity contribution in [3.8, 4) is 0 Å². The van der Waals surface area contributed by atoms with E-state index < -0.39 is 17.6 Å². The Bertz CT molecular complexity index is 1260. The minimum Gasteiger partial charge on any atom is -0.382 e. The summed E-state index contributed by atoms with van der Waals surface area (Å²) < 4.78 is 0. The van der Waals surface area contributed by atoms with Crippen molar-refractivity contribution >= 4 is 17.3 Å². The maximum absolute atomic E-state index is 14.6. The second kappa shape index (κ2) is 13.6. The highest BCUT2D eigenvalue weighted by Gasteiger charge is 2.65. The summed E-state index contributed by atoms with van der Waals surface area (Å²) in [5, 5.41) is 18.3. The van der Waals surface area contributed by atoms with Gasteiger partial charge >= 0.3 is 0 Å². The normalized spacial score (nSPS) is 26.4. The van der Waals surface area contributed by atoms with E-state index in [0.29, 0.717) is 31.0 Å². The standard InChI is InChI=1S/C39H58N2O4/c1-10-12-18-33(43)39(9,45)29(15-11-2)23-32(42)30-21-28(22-31-34(30)38(31,7)8)36(44)35(40-24(3)41-37(4,5)6)27-19-25-16-13-14-17-26(25)20-27/h10,13-14,16-17,27-31,34-35,40-41,45H,1,3,11-12,15,18-23H2,2,4-9H3. The molecule has 0 amide bonds. The number of fused-ring (bicyclic) bond motifs is 2. The van der Waals surface area contributed by atoms with Crippen molar-refractivity contribution in [3.63, 3.8) is 0 Å². The summed E-state index contributed by atoms with van der Waals surface area (Å²) in [5.41, 5.74) is 0.820. The minimum absolute atomic E-state index is 0.0121. The third-order valence-corrected chi connectivity index (χ3v) is 11.2. The lowest BCUT2D eigenvalue weighted by molar-refractivity contribution is -0.144. The molecule has 4 rings (SSSR count). The SMILES string of the molecule is C=CCCC(=O)C(C)(O)C(CCC)CC(=O)C1CC(C(=O)C(NC(=C)NC(C)(C)C)C2Cc3ccccc3C2)CC2C1C2(C)C. The highest BCUT2D eigenvalue weighted by atomic mass is 16.3. The fraction of sp³-hybridized carbons (Fsp3) is 0.667. The number of benzene rings is 1. The van der Waals surface area contributed by atoms with Gasteiger partial charge in [-0.1, -0.05) is 64.1 Å². The number of rotatable bonds is 16. The van der Waals surface area contributed by atoms with Gasteiger partial charge in [-0.2, -0.15) is 0 Å². The molecular formula is C39H58N2O4. The molecule has 2 saturated carbocycles. The number of carbonyl (C=O) groups excluding carboxylic acids is 3. The topological polar surface area (TPSA) is 95.5 Å². The van der Waals surface area contributed by atoms with Crippen LogP contribution < -0.4 is 10.6 Å². The van der Waals surface area contributed by atoms with Crippen molar-refractivity contribution in [2.45, 2.75) is 123 Å². The zero-order valence-electron chi connectivity index (χ0n) is 28.9. The van der Waals surface area contributed by atoms with Crippen LogP contribution in [0.1, 0.15) is 105 Å². The molecule has 0 bridgehead atoms. The Kier molecular flexibility index (Phi) is 10.6. The first kappa shape index (κ1) is 35.1. The average Bonchev–Trinajstić information content (AvgIpc) is 3.29. The number of nitrogens with one attached hydrogen (secondary N) is 2. The van der Waals surface area contributed by atoms with Crippen molar-refractivity contribution in [1.82, 2.24) is 10.6 Å². The highest BCUT2D eigenvalue weighted by molar-refractivity contribution is 5.91. The maximum Gasteiger partial charge on any atom is 0.164 e. The number of allylic oxidation sites excluding steroid dienone is 1. The van der Waals surface area contributed by atoms with Crippen LogP contribution in [-0.4, -0.2) is 39.6 Å². The number of hydrogen-bond acceptors (Lipinski definition) is 6. The molecule has 3 N–H and O–H groups in total. The first-order valence-corrected chi connectivity index (χ1v) is 17.2. The monoisotopic (exact) mass is 618 g/mol. The van der Waals surface area contributed by atoms with Crippen LogP contribution in [0.15, 0.2) is 49.3 Å². The van der Waals surface area contributed by atoms with Crippen molar-refractivity contribution in [2.75, 3.05) is 0 Å². The molecular weight excluding hydrogens is 560 g/mol. The van der Waals surface area contributed by atoms with E-state index in [1.54, 1.807) is 13.0 Å². The molecule has 0 heterocycles. The molecule has 3 aliphatic carbocycles. The van der Waals surface area contributed by atoms with Crippen LogP contribution in [0.2, 0.25) is 0 Å². The third-order valence-electron chi connectivity index (χ3n) is 11.2. The summed E-state index contributed by atoms with van der Waals surface area (Å²) in [7, 11) is 0. The fourth-order valence-corrected chi connectivity index (χ4v) is 8.67. The van der Waals surface area contributed by atoms with Crippen LogP contribution in [0.5, 0.6) is 0 Å². The first-order chi connectivity index (χ1) is 21.0. The number of ketones is 3. The number of aliphatic hydroxyl groups is 1. The van der Waals surface area contributed by atoms with Crippen LogP contribution in [0.3, 0.4) is 0 Å².